The molecule has 0 atom stereocenters. The minimum absolute atomic E-state index is 0.207. The summed E-state index contributed by atoms with van der Waals surface area (Å²) in [7, 11) is 1.87. The summed E-state index contributed by atoms with van der Waals surface area (Å²) in [6, 6.07) is 9.22. The third kappa shape index (κ3) is 4.37. The quantitative estimate of drug-likeness (QED) is 0.330. The maximum absolute atomic E-state index is 12.9. The van der Waals surface area contributed by atoms with E-state index in [1.54, 1.807) is 0 Å². The van der Waals surface area contributed by atoms with Crippen molar-refractivity contribution in [2.75, 3.05) is 12.4 Å². The predicted octanol–water partition coefficient (Wildman–Crippen LogP) is 7.23. The lowest BCUT2D eigenvalue weighted by atomic mass is 10.0. The largest absolute Gasteiger partial charge is 0.416 e. The van der Waals surface area contributed by atoms with Crippen molar-refractivity contribution in [1.29, 1.82) is 0 Å². The van der Waals surface area contributed by atoms with E-state index in [1.165, 1.54) is 23.5 Å². The Kier molecular flexibility index (Phi) is 5.99. The fourth-order valence-corrected chi connectivity index (χ4v) is 4.96. The van der Waals surface area contributed by atoms with Crippen molar-refractivity contribution in [1.82, 2.24) is 10.1 Å². The monoisotopic (exact) mass is 459 g/mol. The molecule has 0 bridgehead atoms. The number of rotatable bonds is 6. The zero-order valence-corrected chi connectivity index (χ0v) is 19.1. The van der Waals surface area contributed by atoms with Crippen LogP contribution in [0.3, 0.4) is 0 Å². The average molecular weight is 460 g/mol. The van der Waals surface area contributed by atoms with Crippen molar-refractivity contribution in [3.8, 4) is 10.6 Å². The Morgan fingerprint density at radius 3 is 2.44 bits per heavy atom. The van der Waals surface area contributed by atoms with Gasteiger partial charge in [0.05, 0.1) is 17.0 Å². The van der Waals surface area contributed by atoms with Crippen LogP contribution in [0.15, 0.2) is 40.9 Å². The van der Waals surface area contributed by atoms with Crippen LogP contribution in [0.5, 0.6) is 0 Å². The zero-order valence-electron chi connectivity index (χ0n) is 18.3. The van der Waals surface area contributed by atoms with Gasteiger partial charge in [-0.3, -0.25) is 0 Å². The molecule has 0 spiro atoms. The number of hydrogen-bond acceptors (Lipinski definition) is 5. The molecule has 0 saturated carbocycles. The van der Waals surface area contributed by atoms with Gasteiger partial charge in [-0.1, -0.05) is 31.1 Å². The van der Waals surface area contributed by atoms with E-state index < -0.39 is 11.7 Å². The minimum Gasteiger partial charge on any atom is -0.388 e. The first-order valence-electron chi connectivity index (χ1n) is 10.4. The van der Waals surface area contributed by atoms with Crippen LogP contribution < -0.4 is 5.32 Å². The molecule has 0 aliphatic heterocycles. The van der Waals surface area contributed by atoms with Crippen LogP contribution in [0.2, 0.25) is 0 Å². The van der Waals surface area contributed by atoms with Crippen LogP contribution in [0.1, 0.15) is 47.2 Å². The minimum atomic E-state index is -4.34. The van der Waals surface area contributed by atoms with E-state index in [2.05, 4.69) is 30.4 Å². The van der Waals surface area contributed by atoms with Crippen LogP contribution >= 0.6 is 11.3 Å². The van der Waals surface area contributed by atoms with Crippen LogP contribution in [-0.2, 0) is 19.0 Å². The number of benzene rings is 2. The van der Waals surface area contributed by atoms with Crippen LogP contribution in [-0.4, -0.2) is 17.2 Å². The molecule has 0 fully saturated rings. The van der Waals surface area contributed by atoms with Gasteiger partial charge < -0.3 is 9.84 Å². The normalized spacial score (nSPS) is 12.1. The Morgan fingerprint density at radius 1 is 1.09 bits per heavy atom. The van der Waals surface area contributed by atoms with Gasteiger partial charge in [-0.15, -0.1) is 11.3 Å². The fourth-order valence-electron chi connectivity index (χ4n) is 3.74. The number of hydrogen-bond donors (Lipinski definition) is 1. The number of thiazole rings is 1. The number of alkyl halides is 3. The first kappa shape index (κ1) is 22.3. The standard InChI is InChI=1S/C24H24F3N3OS/c1-13(2)22-21(32-23(29-22)15-5-7-16(8-6-15)24(25,26)27)10-9-18-17-11-14(3)19(28-4)12-20(17)31-30-18/h5-8,11-13,28H,9-10H2,1-4H3. The van der Waals surface area contributed by atoms with E-state index in [0.717, 1.165) is 62.0 Å². The highest BCUT2D eigenvalue weighted by atomic mass is 32.1. The molecule has 2 aromatic carbocycles. The smallest absolute Gasteiger partial charge is 0.388 e. The molecule has 0 unspecified atom stereocenters. The fraction of sp³-hybridized carbons (Fsp3) is 0.333. The molecule has 1 N–H and O–H groups in total. The van der Waals surface area contributed by atoms with Gasteiger partial charge in [0.2, 0.25) is 0 Å². The summed E-state index contributed by atoms with van der Waals surface area (Å²) >= 11 is 1.53. The highest BCUT2D eigenvalue weighted by Gasteiger charge is 2.30. The zero-order chi connectivity index (χ0) is 23.0. The molecule has 32 heavy (non-hydrogen) atoms. The summed E-state index contributed by atoms with van der Waals surface area (Å²) in [6.45, 7) is 6.19. The summed E-state index contributed by atoms with van der Waals surface area (Å²) in [5, 5.41) is 9.15. The number of aryl methyl sites for hydroxylation is 3. The summed E-state index contributed by atoms with van der Waals surface area (Å²) in [5.41, 5.74) is 4.78. The lowest BCUT2D eigenvalue weighted by Gasteiger charge is -2.06. The van der Waals surface area contributed by atoms with Crippen molar-refractivity contribution in [3.05, 3.63) is 63.8 Å². The molecule has 0 aliphatic rings. The number of nitrogens with one attached hydrogen (secondary N) is 1. The van der Waals surface area contributed by atoms with Gasteiger partial charge in [0, 0.05) is 34.6 Å². The topological polar surface area (TPSA) is 51.0 Å². The first-order valence-corrected chi connectivity index (χ1v) is 11.2. The summed E-state index contributed by atoms with van der Waals surface area (Å²) in [5.74, 6) is 0.207. The molecule has 168 valence electrons. The number of halogens is 3. The maximum atomic E-state index is 12.9. The van der Waals surface area contributed by atoms with Crippen LogP contribution in [0.4, 0.5) is 18.9 Å². The van der Waals surface area contributed by atoms with Gasteiger partial charge in [-0.05, 0) is 49.4 Å². The van der Waals surface area contributed by atoms with E-state index in [0.29, 0.717) is 12.0 Å². The second-order valence-corrected chi connectivity index (χ2v) is 9.18. The average Bonchev–Trinajstić information content (AvgIpc) is 3.35. The Labute approximate surface area is 188 Å². The number of fused-ring (bicyclic) bond motifs is 1. The Hall–Kier alpha value is -2.87. The summed E-state index contributed by atoms with van der Waals surface area (Å²) < 4.78 is 44.2. The van der Waals surface area contributed by atoms with E-state index in [-0.39, 0.29) is 5.92 Å². The highest BCUT2D eigenvalue weighted by Crippen LogP contribution is 2.35. The molecule has 0 aliphatic carbocycles. The molecule has 4 aromatic rings. The van der Waals surface area contributed by atoms with Gasteiger partial charge >= 0.3 is 6.18 Å². The SMILES string of the molecule is CNc1cc2onc(CCc3sc(-c4ccc(C(F)(F)F)cc4)nc3C(C)C)c2cc1C. The van der Waals surface area contributed by atoms with Gasteiger partial charge in [0.1, 0.15) is 5.01 Å². The van der Waals surface area contributed by atoms with Crippen LogP contribution in [0, 0.1) is 6.92 Å². The number of nitrogens with zero attached hydrogens (tertiary/aromatic N) is 2. The lowest BCUT2D eigenvalue weighted by Crippen LogP contribution is -2.03. The Morgan fingerprint density at radius 2 is 1.81 bits per heavy atom. The van der Waals surface area contributed by atoms with E-state index in [9.17, 15) is 13.2 Å². The Bertz CT molecular complexity index is 1240. The van der Waals surface area contributed by atoms with E-state index in [4.69, 9.17) is 9.51 Å². The molecule has 4 rings (SSSR count). The molecule has 0 saturated heterocycles. The van der Waals surface area contributed by atoms with E-state index in [1.807, 2.05) is 20.0 Å². The predicted molar refractivity (Wildman–Crippen MR) is 122 cm³/mol. The van der Waals surface area contributed by atoms with Gasteiger partial charge in [0.25, 0.3) is 0 Å². The van der Waals surface area contributed by atoms with Crippen molar-refractivity contribution >= 4 is 28.0 Å². The molecule has 0 radical (unpaired) electrons. The summed E-state index contributed by atoms with van der Waals surface area (Å²) in [6.07, 6.45) is -2.91. The Balaban J connectivity index is 1.60. The second kappa shape index (κ2) is 8.58. The number of aromatic nitrogens is 2. The molecule has 2 aromatic heterocycles. The van der Waals surface area contributed by atoms with Crippen molar-refractivity contribution in [2.24, 2.45) is 0 Å². The molecular weight excluding hydrogens is 435 g/mol. The van der Waals surface area contributed by atoms with Gasteiger partial charge in [-0.25, -0.2) is 4.98 Å². The first-order chi connectivity index (χ1) is 15.2. The molecule has 4 nitrogen and oxygen atoms in total. The highest BCUT2D eigenvalue weighted by molar-refractivity contribution is 7.15. The molecule has 8 heteroatoms. The van der Waals surface area contributed by atoms with Gasteiger partial charge in [0.15, 0.2) is 5.58 Å². The van der Waals surface area contributed by atoms with Gasteiger partial charge in [-0.2, -0.15) is 13.2 Å². The van der Waals surface area contributed by atoms with Crippen molar-refractivity contribution in [3.63, 3.8) is 0 Å². The van der Waals surface area contributed by atoms with Crippen molar-refractivity contribution < 1.29 is 17.7 Å². The number of anilines is 1. The van der Waals surface area contributed by atoms with Crippen molar-refractivity contribution in [2.45, 2.75) is 45.7 Å². The summed E-state index contributed by atoms with van der Waals surface area (Å²) in [4.78, 5) is 5.88. The third-order valence-corrected chi connectivity index (χ3v) is 6.66. The molecule has 2 heterocycles. The second-order valence-electron chi connectivity index (χ2n) is 8.10. The third-order valence-electron chi connectivity index (χ3n) is 5.48. The molecular formula is C24H24F3N3OS. The molecule has 0 amide bonds. The van der Waals surface area contributed by atoms with Crippen LogP contribution in [0.25, 0.3) is 21.5 Å². The maximum Gasteiger partial charge on any atom is 0.416 e. The lowest BCUT2D eigenvalue weighted by molar-refractivity contribution is -0.137. The van der Waals surface area contributed by atoms with E-state index >= 15 is 0 Å².